The molecule has 2 N–H and O–H groups in total. The number of nitrogens with zero attached hydrogens (tertiary/aromatic N) is 2. The molecule has 1 aromatic heterocycles. The number of aromatic nitrogens is 2. The number of halogens is 2. The van der Waals surface area contributed by atoms with Crippen molar-refractivity contribution in [1.29, 1.82) is 0 Å². The highest BCUT2D eigenvalue weighted by molar-refractivity contribution is 6.32. The van der Waals surface area contributed by atoms with Gasteiger partial charge in [0.15, 0.2) is 0 Å². The lowest BCUT2D eigenvalue weighted by atomic mass is 9.94. The van der Waals surface area contributed by atoms with Crippen LogP contribution in [-0.2, 0) is 6.42 Å². The van der Waals surface area contributed by atoms with E-state index in [1.807, 2.05) is 32.0 Å². The van der Waals surface area contributed by atoms with Crippen LogP contribution in [0.15, 0.2) is 40.9 Å². The number of fused-ring (bicyclic) bond motifs is 1. The van der Waals surface area contributed by atoms with Gasteiger partial charge in [0.05, 0.1) is 11.1 Å². The number of ether oxygens (including phenoxy) is 1. The van der Waals surface area contributed by atoms with Crippen LogP contribution in [-0.4, -0.2) is 34.5 Å². The molecule has 0 saturated carbocycles. The van der Waals surface area contributed by atoms with Gasteiger partial charge in [0, 0.05) is 23.8 Å². The van der Waals surface area contributed by atoms with Crippen LogP contribution in [0.5, 0.6) is 5.75 Å². The van der Waals surface area contributed by atoms with Crippen molar-refractivity contribution in [3.63, 3.8) is 0 Å². The van der Waals surface area contributed by atoms with Gasteiger partial charge >= 0.3 is 0 Å². The molecule has 0 amide bonds. The van der Waals surface area contributed by atoms with Gasteiger partial charge in [-0.25, -0.2) is 0 Å². The third-order valence-electron chi connectivity index (χ3n) is 5.41. The molecule has 1 atom stereocenters. The predicted octanol–water partition coefficient (Wildman–Crippen LogP) is 5.62. The van der Waals surface area contributed by atoms with Gasteiger partial charge < -0.3 is 19.7 Å². The Hall–Kier alpha value is -2.12. The molecule has 0 bridgehead atoms. The highest BCUT2D eigenvalue weighted by atomic mass is 35.5. The normalized spacial score (nSPS) is 15.7. The second kappa shape index (κ2) is 11.1. The SMILES string of the molecule is CC(C)Oc1ccc(-c2nc(-c3ccc4c(c3)CCCNC4CCCO)no2)cc1Cl.Cl. The molecule has 1 aliphatic rings. The van der Waals surface area contributed by atoms with E-state index < -0.39 is 0 Å². The number of nitrogens with one attached hydrogen (secondary N) is 1. The molecule has 172 valence electrons. The zero-order valence-corrected chi connectivity index (χ0v) is 19.9. The molecule has 3 aromatic rings. The first-order valence-electron chi connectivity index (χ1n) is 10.8. The van der Waals surface area contributed by atoms with Gasteiger partial charge in [0.1, 0.15) is 5.75 Å². The summed E-state index contributed by atoms with van der Waals surface area (Å²) in [5.41, 5.74) is 4.28. The lowest BCUT2D eigenvalue weighted by Gasteiger charge is -2.18. The molecule has 0 spiro atoms. The second-order valence-electron chi connectivity index (χ2n) is 8.12. The van der Waals surface area contributed by atoms with Crippen LogP contribution in [0, 0.1) is 0 Å². The van der Waals surface area contributed by atoms with Gasteiger partial charge in [-0.2, -0.15) is 4.98 Å². The van der Waals surface area contributed by atoms with E-state index >= 15 is 0 Å². The van der Waals surface area contributed by atoms with E-state index in [9.17, 15) is 5.11 Å². The van der Waals surface area contributed by atoms with Gasteiger partial charge in [-0.15, -0.1) is 12.4 Å². The summed E-state index contributed by atoms with van der Waals surface area (Å²) in [5.74, 6) is 1.61. The van der Waals surface area contributed by atoms with E-state index in [4.69, 9.17) is 20.9 Å². The van der Waals surface area contributed by atoms with E-state index in [0.717, 1.165) is 43.4 Å². The molecule has 0 fully saturated rings. The summed E-state index contributed by atoms with van der Waals surface area (Å²) in [7, 11) is 0. The van der Waals surface area contributed by atoms with E-state index in [-0.39, 0.29) is 31.2 Å². The number of aliphatic hydroxyl groups is 1. The van der Waals surface area contributed by atoms with Crippen molar-refractivity contribution in [2.24, 2.45) is 0 Å². The van der Waals surface area contributed by atoms with Gasteiger partial charge in [-0.1, -0.05) is 28.9 Å². The first-order chi connectivity index (χ1) is 15.0. The molecule has 4 rings (SSSR count). The van der Waals surface area contributed by atoms with Crippen LogP contribution in [0.1, 0.15) is 50.3 Å². The highest BCUT2D eigenvalue weighted by Gasteiger charge is 2.20. The Kier molecular flexibility index (Phi) is 8.54. The number of hydrogen-bond acceptors (Lipinski definition) is 6. The van der Waals surface area contributed by atoms with Gasteiger partial charge in [0.25, 0.3) is 5.89 Å². The van der Waals surface area contributed by atoms with E-state index in [1.165, 1.54) is 11.1 Å². The standard InChI is InChI=1S/C24H28ClN3O3.ClH/c1-15(2)30-22-10-8-18(14-20(22)25)24-27-23(28-31-24)17-7-9-19-16(13-17)5-3-11-26-21(19)6-4-12-29;/h7-10,13-15,21,26,29H,3-6,11-12H2,1-2H3;1H. The van der Waals surface area contributed by atoms with E-state index in [2.05, 4.69) is 27.6 Å². The minimum Gasteiger partial charge on any atom is -0.489 e. The monoisotopic (exact) mass is 477 g/mol. The topological polar surface area (TPSA) is 80.4 Å². The summed E-state index contributed by atoms with van der Waals surface area (Å²) in [5, 5.41) is 17.5. The average Bonchev–Trinajstić information content (AvgIpc) is 3.16. The van der Waals surface area contributed by atoms with Gasteiger partial charge in [-0.05, 0) is 81.5 Å². The smallest absolute Gasteiger partial charge is 0.258 e. The molecular weight excluding hydrogens is 449 g/mol. The van der Waals surface area contributed by atoms with Crippen LogP contribution in [0.2, 0.25) is 5.02 Å². The molecule has 1 aliphatic heterocycles. The van der Waals surface area contributed by atoms with Crippen LogP contribution in [0.25, 0.3) is 22.8 Å². The van der Waals surface area contributed by atoms with Crippen molar-refractivity contribution >= 4 is 24.0 Å². The third-order valence-corrected chi connectivity index (χ3v) is 5.70. The van der Waals surface area contributed by atoms with Crippen LogP contribution < -0.4 is 10.1 Å². The molecule has 6 nitrogen and oxygen atoms in total. The Morgan fingerprint density at radius 3 is 2.78 bits per heavy atom. The van der Waals surface area contributed by atoms with Crippen LogP contribution in [0.4, 0.5) is 0 Å². The Bertz CT molecular complexity index is 1040. The van der Waals surface area contributed by atoms with Crippen molar-refractivity contribution < 1.29 is 14.4 Å². The molecule has 0 radical (unpaired) electrons. The summed E-state index contributed by atoms with van der Waals surface area (Å²) in [6.07, 6.45) is 3.84. The number of benzene rings is 2. The molecule has 32 heavy (non-hydrogen) atoms. The molecule has 1 unspecified atom stereocenters. The number of aliphatic hydroxyl groups excluding tert-OH is 1. The van der Waals surface area contributed by atoms with Crippen molar-refractivity contribution in [3.05, 3.63) is 52.5 Å². The van der Waals surface area contributed by atoms with Crippen molar-refractivity contribution in [1.82, 2.24) is 15.5 Å². The molecule has 2 heterocycles. The van der Waals surface area contributed by atoms with Crippen LogP contribution in [0.3, 0.4) is 0 Å². The fraction of sp³-hybridized carbons (Fsp3) is 0.417. The van der Waals surface area contributed by atoms with Gasteiger partial charge in [0.2, 0.25) is 5.82 Å². The minimum absolute atomic E-state index is 0. The lowest BCUT2D eigenvalue weighted by Crippen LogP contribution is -2.21. The summed E-state index contributed by atoms with van der Waals surface area (Å²) in [6.45, 7) is 5.11. The first kappa shape index (κ1) is 24.5. The van der Waals surface area contributed by atoms with Gasteiger partial charge in [-0.3, -0.25) is 0 Å². The zero-order chi connectivity index (χ0) is 21.8. The summed E-state index contributed by atoms with van der Waals surface area (Å²) < 4.78 is 11.2. The molecule has 2 aromatic carbocycles. The van der Waals surface area contributed by atoms with E-state index in [1.54, 1.807) is 6.07 Å². The molecule has 0 aliphatic carbocycles. The first-order valence-corrected chi connectivity index (χ1v) is 11.2. The van der Waals surface area contributed by atoms with Crippen LogP contribution >= 0.6 is 24.0 Å². The average molecular weight is 478 g/mol. The fourth-order valence-electron chi connectivity index (χ4n) is 3.96. The Labute approximate surface area is 199 Å². The third kappa shape index (κ3) is 5.62. The van der Waals surface area contributed by atoms with Crippen molar-refractivity contribution in [2.75, 3.05) is 13.2 Å². The van der Waals surface area contributed by atoms with Crippen molar-refractivity contribution in [2.45, 2.75) is 51.7 Å². The second-order valence-corrected chi connectivity index (χ2v) is 8.53. The summed E-state index contributed by atoms with van der Waals surface area (Å²) in [4.78, 5) is 4.60. The minimum atomic E-state index is 0. The highest BCUT2D eigenvalue weighted by Crippen LogP contribution is 2.33. The molecule has 0 saturated heterocycles. The Morgan fingerprint density at radius 1 is 1.22 bits per heavy atom. The summed E-state index contributed by atoms with van der Waals surface area (Å²) >= 11 is 6.36. The predicted molar refractivity (Wildman–Crippen MR) is 129 cm³/mol. The maximum atomic E-state index is 9.20. The Balaban J connectivity index is 0.00000289. The quantitative estimate of drug-likeness (QED) is 0.459. The number of rotatable bonds is 7. The van der Waals surface area contributed by atoms with E-state index in [0.29, 0.717) is 22.5 Å². The maximum absolute atomic E-state index is 9.20. The largest absolute Gasteiger partial charge is 0.489 e. The maximum Gasteiger partial charge on any atom is 0.258 e. The fourth-order valence-corrected chi connectivity index (χ4v) is 4.19. The lowest BCUT2D eigenvalue weighted by molar-refractivity contribution is 0.242. The van der Waals surface area contributed by atoms with Crippen molar-refractivity contribution in [3.8, 4) is 28.6 Å². The summed E-state index contributed by atoms with van der Waals surface area (Å²) in [6, 6.07) is 12.1. The molecular formula is C24H29Cl2N3O3. The Morgan fingerprint density at radius 2 is 2.03 bits per heavy atom. The molecule has 8 heteroatoms. The number of aryl methyl sites for hydroxylation is 1. The number of hydrogen-bond donors (Lipinski definition) is 2. The zero-order valence-electron chi connectivity index (χ0n) is 18.3.